The minimum absolute atomic E-state index is 0.282. The van der Waals surface area contributed by atoms with E-state index in [1.807, 2.05) is 13.8 Å². The van der Waals surface area contributed by atoms with Gasteiger partial charge in [-0.2, -0.15) is 0 Å². The zero-order valence-electron chi connectivity index (χ0n) is 8.46. The molecule has 72 valence electrons. The molecule has 0 unspecified atom stereocenters. The molecule has 0 fully saturated rings. The molecule has 2 heteroatoms. The van der Waals surface area contributed by atoms with E-state index in [0.29, 0.717) is 0 Å². The van der Waals surface area contributed by atoms with Crippen LogP contribution in [-0.4, -0.2) is 11.7 Å². The molecule has 1 atom stereocenters. The quantitative estimate of drug-likeness (QED) is 0.724. The van der Waals surface area contributed by atoms with Crippen LogP contribution in [0.2, 0.25) is 0 Å². The summed E-state index contributed by atoms with van der Waals surface area (Å²) in [7, 11) is 0. The first kappa shape index (κ1) is 10.2. The van der Waals surface area contributed by atoms with Crippen LogP contribution in [0.25, 0.3) is 0 Å². The Hall–Kier alpha value is -0.860. The number of aryl methyl sites for hydroxylation is 3. The fraction of sp³-hybridized carbons (Fsp3) is 0.455. The molecule has 0 saturated heterocycles. The Morgan fingerprint density at radius 1 is 1.23 bits per heavy atom. The van der Waals surface area contributed by atoms with Crippen LogP contribution in [0.5, 0.6) is 0 Å². The maximum atomic E-state index is 9.66. The van der Waals surface area contributed by atoms with E-state index < -0.39 is 6.10 Å². The van der Waals surface area contributed by atoms with E-state index in [0.717, 1.165) is 16.7 Å². The average molecular weight is 179 g/mol. The third-order valence-corrected chi connectivity index (χ3v) is 2.29. The minimum Gasteiger partial charge on any atom is -0.387 e. The molecule has 0 radical (unpaired) electrons. The SMILES string of the molecule is Cc1cc(C)c([C@H](O)CN)c(C)c1. The van der Waals surface area contributed by atoms with Crippen molar-refractivity contribution in [1.82, 2.24) is 0 Å². The van der Waals surface area contributed by atoms with Crippen molar-refractivity contribution in [2.45, 2.75) is 26.9 Å². The highest BCUT2D eigenvalue weighted by molar-refractivity contribution is 5.39. The Morgan fingerprint density at radius 3 is 2.08 bits per heavy atom. The van der Waals surface area contributed by atoms with Crippen LogP contribution in [0.3, 0.4) is 0 Å². The van der Waals surface area contributed by atoms with E-state index >= 15 is 0 Å². The number of benzene rings is 1. The summed E-state index contributed by atoms with van der Waals surface area (Å²) in [5.41, 5.74) is 9.88. The molecule has 1 aromatic rings. The van der Waals surface area contributed by atoms with Crippen molar-refractivity contribution in [3.8, 4) is 0 Å². The lowest BCUT2D eigenvalue weighted by Gasteiger charge is -2.15. The van der Waals surface area contributed by atoms with Gasteiger partial charge in [-0.05, 0) is 37.5 Å². The number of rotatable bonds is 2. The van der Waals surface area contributed by atoms with Gasteiger partial charge < -0.3 is 10.8 Å². The van der Waals surface area contributed by atoms with Crippen LogP contribution in [-0.2, 0) is 0 Å². The number of aliphatic hydroxyl groups is 1. The Labute approximate surface area is 79.4 Å². The van der Waals surface area contributed by atoms with Gasteiger partial charge in [0.25, 0.3) is 0 Å². The molecular weight excluding hydrogens is 162 g/mol. The summed E-state index contributed by atoms with van der Waals surface area (Å²) in [6.45, 7) is 6.35. The summed E-state index contributed by atoms with van der Waals surface area (Å²) >= 11 is 0. The maximum absolute atomic E-state index is 9.66. The first-order chi connectivity index (χ1) is 6.06. The number of hydrogen-bond donors (Lipinski definition) is 2. The molecule has 0 aromatic heterocycles. The van der Waals surface area contributed by atoms with Crippen LogP contribution in [0, 0.1) is 20.8 Å². The van der Waals surface area contributed by atoms with Gasteiger partial charge in [-0.25, -0.2) is 0 Å². The van der Waals surface area contributed by atoms with Gasteiger partial charge in [-0.3, -0.25) is 0 Å². The van der Waals surface area contributed by atoms with E-state index in [2.05, 4.69) is 19.1 Å². The van der Waals surface area contributed by atoms with Crippen LogP contribution in [0.4, 0.5) is 0 Å². The predicted octanol–water partition coefficient (Wildman–Crippen LogP) is 1.60. The third kappa shape index (κ3) is 2.08. The van der Waals surface area contributed by atoms with Crippen LogP contribution in [0.15, 0.2) is 12.1 Å². The van der Waals surface area contributed by atoms with E-state index in [1.165, 1.54) is 5.56 Å². The monoisotopic (exact) mass is 179 g/mol. The third-order valence-electron chi connectivity index (χ3n) is 2.29. The molecule has 0 saturated carbocycles. The predicted molar refractivity (Wildman–Crippen MR) is 54.7 cm³/mol. The lowest BCUT2D eigenvalue weighted by atomic mass is 9.96. The summed E-state index contributed by atoms with van der Waals surface area (Å²) < 4.78 is 0. The average Bonchev–Trinajstić information content (AvgIpc) is 2.02. The molecule has 1 aromatic carbocycles. The van der Waals surface area contributed by atoms with Gasteiger partial charge in [0, 0.05) is 6.54 Å². The minimum atomic E-state index is -0.527. The molecular formula is C11H17NO. The molecule has 13 heavy (non-hydrogen) atoms. The van der Waals surface area contributed by atoms with Gasteiger partial charge in [-0.1, -0.05) is 17.7 Å². The van der Waals surface area contributed by atoms with Crippen molar-refractivity contribution in [1.29, 1.82) is 0 Å². The van der Waals surface area contributed by atoms with E-state index in [9.17, 15) is 5.11 Å². The Morgan fingerprint density at radius 2 is 1.69 bits per heavy atom. The molecule has 3 N–H and O–H groups in total. The summed E-state index contributed by atoms with van der Waals surface area (Å²) in [4.78, 5) is 0. The topological polar surface area (TPSA) is 46.2 Å². The zero-order chi connectivity index (χ0) is 10.0. The second-order valence-electron chi connectivity index (χ2n) is 3.56. The second kappa shape index (κ2) is 3.90. The van der Waals surface area contributed by atoms with Crippen molar-refractivity contribution < 1.29 is 5.11 Å². The van der Waals surface area contributed by atoms with Crippen molar-refractivity contribution >= 4 is 0 Å². The zero-order valence-corrected chi connectivity index (χ0v) is 8.46. The second-order valence-corrected chi connectivity index (χ2v) is 3.56. The highest BCUT2D eigenvalue weighted by Gasteiger charge is 2.11. The normalized spacial score (nSPS) is 13.0. The lowest BCUT2D eigenvalue weighted by Crippen LogP contribution is -2.14. The van der Waals surface area contributed by atoms with Gasteiger partial charge in [0.15, 0.2) is 0 Å². The summed E-state index contributed by atoms with van der Waals surface area (Å²) in [6.07, 6.45) is -0.527. The molecule has 0 aliphatic rings. The van der Waals surface area contributed by atoms with Gasteiger partial charge in [0.1, 0.15) is 0 Å². The lowest BCUT2D eigenvalue weighted by molar-refractivity contribution is 0.185. The maximum Gasteiger partial charge on any atom is 0.0917 e. The van der Waals surface area contributed by atoms with Crippen LogP contribution in [0.1, 0.15) is 28.4 Å². The van der Waals surface area contributed by atoms with Gasteiger partial charge in [0.05, 0.1) is 6.10 Å². The first-order valence-corrected chi connectivity index (χ1v) is 4.52. The summed E-state index contributed by atoms with van der Waals surface area (Å²) in [5.74, 6) is 0. The van der Waals surface area contributed by atoms with Crippen LogP contribution >= 0.6 is 0 Å². The van der Waals surface area contributed by atoms with Crippen LogP contribution < -0.4 is 5.73 Å². The highest BCUT2D eigenvalue weighted by Crippen LogP contribution is 2.22. The largest absolute Gasteiger partial charge is 0.387 e. The molecule has 0 heterocycles. The standard InChI is InChI=1S/C11H17NO/c1-7-4-8(2)11(9(3)5-7)10(13)6-12/h4-5,10,13H,6,12H2,1-3H3/t10-/m1/s1. The summed E-state index contributed by atoms with van der Waals surface area (Å²) in [6, 6.07) is 4.14. The van der Waals surface area contributed by atoms with Gasteiger partial charge in [0.2, 0.25) is 0 Å². The fourth-order valence-corrected chi connectivity index (χ4v) is 1.83. The Balaban J connectivity index is 3.20. The number of aliphatic hydroxyl groups excluding tert-OH is 1. The summed E-state index contributed by atoms with van der Waals surface area (Å²) in [5, 5.41) is 9.66. The molecule has 0 aliphatic heterocycles. The van der Waals surface area contributed by atoms with Crippen molar-refractivity contribution in [3.63, 3.8) is 0 Å². The first-order valence-electron chi connectivity index (χ1n) is 4.52. The van der Waals surface area contributed by atoms with E-state index in [1.54, 1.807) is 0 Å². The van der Waals surface area contributed by atoms with E-state index in [-0.39, 0.29) is 6.54 Å². The Bertz CT molecular complexity index is 284. The molecule has 0 spiro atoms. The Kier molecular flexibility index (Phi) is 3.07. The molecule has 0 bridgehead atoms. The van der Waals surface area contributed by atoms with Crippen molar-refractivity contribution in [2.75, 3.05) is 6.54 Å². The van der Waals surface area contributed by atoms with Gasteiger partial charge >= 0.3 is 0 Å². The number of nitrogens with two attached hydrogens (primary N) is 1. The highest BCUT2D eigenvalue weighted by atomic mass is 16.3. The van der Waals surface area contributed by atoms with Crippen molar-refractivity contribution in [2.24, 2.45) is 5.73 Å². The van der Waals surface area contributed by atoms with Crippen molar-refractivity contribution in [3.05, 3.63) is 34.4 Å². The molecule has 2 nitrogen and oxygen atoms in total. The molecule has 0 aliphatic carbocycles. The number of hydrogen-bond acceptors (Lipinski definition) is 2. The fourth-order valence-electron chi connectivity index (χ4n) is 1.83. The molecule has 0 amide bonds. The molecule has 1 rings (SSSR count). The van der Waals surface area contributed by atoms with Gasteiger partial charge in [-0.15, -0.1) is 0 Å². The smallest absolute Gasteiger partial charge is 0.0917 e. The van der Waals surface area contributed by atoms with E-state index in [4.69, 9.17) is 5.73 Å².